The number of amides is 2. The lowest BCUT2D eigenvalue weighted by Crippen LogP contribution is -2.57. The normalized spacial score (nSPS) is 23.2. The molecule has 152 valence electrons. The average Bonchev–Trinajstić information content (AvgIpc) is 3.00. The maximum atomic E-state index is 12.8. The minimum absolute atomic E-state index is 0.0462. The van der Waals surface area contributed by atoms with Crippen LogP contribution in [0.15, 0.2) is 49.1 Å². The first-order chi connectivity index (χ1) is 14.1. The Balaban J connectivity index is 1.41. The molecule has 2 aromatic rings. The van der Waals surface area contributed by atoms with Gasteiger partial charge in [0.05, 0.1) is 4.88 Å². The molecule has 2 aliphatic rings. The standard InChI is InChI=1S/C24H28N2O2S/c1-2-22(27)25-16-24(18-10-6-4-7-11-18)14-19(15-24)26-23(28)21-13-17-9-5-3-8-12-20(17)29-21/h2,4,6-7,10-11,13,19H,1,3,5,8-9,12,14-16H2,(H,25,27)(H,26,28). The predicted molar refractivity (Wildman–Crippen MR) is 117 cm³/mol. The van der Waals surface area contributed by atoms with Crippen LogP contribution in [0, 0.1) is 0 Å². The quantitative estimate of drug-likeness (QED) is 0.557. The largest absolute Gasteiger partial charge is 0.352 e. The van der Waals surface area contributed by atoms with E-state index in [1.165, 1.54) is 41.3 Å². The summed E-state index contributed by atoms with van der Waals surface area (Å²) < 4.78 is 0. The highest BCUT2D eigenvalue weighted by Gasteiger charge is 2.46. The molecule has 0 atom stereocenters. The number of benzene rings is 1. The molecule has 0 saturated heterocycles. The highest BCUT2D eigenvalue weighted by Crippen LogP contribution is 2.43. The van der Waals surface area contributed by atoms with Gasteiger partial charge in [0.2, 0.25) is 5.91 Å². The van der Waals surface area contributed by atoms with E-state index >= 15 is 0 Å². The second-order valence-corrected chi connectivity index (χ2v) is 9.40. The van der Waals surface area contributed by atoms with Crippen LogP contribution in [-0.4, -0.2) is 24.4 Å². The summed E-state index contributed by atoms with van der Waals surface area (Å²) in [5.41, 5.74) is 2.44. The summed E-state index contributed by atoms with van der Waals surface area (Å²) in [4.78, 5) is 26.8. The van der Waals surface area contributed by atoms with Gasteiger partial charge < -0.3 is 10.6 Å². The second-order valence-electron chi connectivity index (χ2n) is 8.27. The Kier molecular flexibility index (Phi) is 5.86. The maximum absolute atomic E-state index is 12.8. The SMILES string of the molecule is C=CC(=O)NCC1(c2ccccc2)CC(NC(=O)c2cc3c(s2)CCCCC3)C1. The van der Waals surface area contributed by atoms with E-state index in [9.17, 15) is 9.59 Å². The number of carbonyl (C=O) groups is 2. The zero-order chi connectivity index (χ0) is 20.3. The van der Waals surface area contributed by atoms with E-state index < -0.39 is 0 Å². The van der Waals surface area contributed by atoms with E-state index in [1.807, 2.05) is 18.2 Å². The summed E-state index contributed by atoms with van der Waals surface area (Å²) in [5, 5.41) is 6.17. The van der Waals surface area contributed by atoms with Crippen molar-refractivity contribution in [3.8, 4) is 0 Å². The topological polar surface area (TPSA) is 58.2 Å². The van der Waals surface area contributed by atoms with Crippen LogP contribution in [0.3, 0.4) is 0 Å². The molecule has 2 amide bonds. The molecule has 1 heterocycles. The molecule has 4 rings (SSSR count). The summed E-state index contributed by atoms with van der Waals surface area (Å²) in [7, 11) is 0. The van der Waals surface area contributed by atoms with Crippen LogP contribution in [0.4, 0.5) is 0 Å². The Hall–Kier alpha value is -2.40. The van der Waals surface area contributed by atoms with E-state index in [4.69, 9.17) is 0 Å². The zero-order valence-electron chi connectivity index (χ0n) is 16.7. The first kappa shape index (κ1) is 19.9. The molecule has 1 aromatic carbocycles. The Morgan fingerprint density at radius 3 is 2.66 bits per heavy atom. The van der Waals surface area contributed by atoms with Gasteiger partial charge in [0.1, 0.15) is 0 Å². The highest BCUT2D eigenvalue weighted by molar-refractivity contribution is 7.14. The van der Waals surface area contributed by atoms with Crippen LogP contribution in [0.1, 0.15) is 57.8 Å². The van der Waals surface area contributed by atoms with Crippen molar-refractivity contribution in [2.24, 2.45) is 0 Å². The summed E-state index contributed by atoms with van der Waals surface area (Å²) in [6, 6.07) is 12.5. The molecular formula is C24H28N2O2S. The van der Waals surface area contributed by atoms with Crippen LogP contribution >= 0.6 is 11.3 Å². The first-order valence-electron chi connectivity index (χ1n) is 10.5. The van der Waals surface area contributed by atoms with Gasteiger partial charge in [-0.05, 0) is 61.8 Å². The smallest absolute Gasteiger partial charge is 0.261 e. The minimum atomic E-state index is -0.159. The molecule has 2 N–H and O–H groups in total. The number of thiophene rings is 1. The van der Waals surface area contributed by atoms with Crippen molar-refractivity contribution in [2.75, 3.05) is 6.54 Å². The number of aryl methyl sites for hydroxylation is 2. The third-order valence-corrected chi connectivity index (χ3v) is 7.49. The number of carbonyl (C=O) groups excluding carboxylic acids is 2. The van der Waals surface area contributed by atoms with Gasteiger partial charge in [0.25, 0.3) is 5.91 Å². The summed E-state index contributed by atoms with van der Waals surface area (Å²) >= 11 is 1.67. The van der Waals surface area contributed by atoms with Gasteiger partial charge in [-0.15, -0.1) is 11.3 Å². The third-order valence-electron chi connectivity index (χ3n) is 6.25. The second kappa shape index (κ2) is 8.54. The van der Waals surface area contributed by atoms with Crippen molar-refractivity contribution in [2.45, 2.75) is 56.4 Å². The Morgan fingerprint density at radius 2 is 1.90 bits per heavy atom. The lowest BCUT2D eigenvalue weighted by Gasteiger charge is -2.48. The van der Waals surface area contributed by atoms with Crippen molar-refractivity contribution in [3.63, 3.8) is 0 Å². The molecule has 0 radical (unpaired) electrons. The summed E-state index contributed by atoms with van der Waals surface area (Å²) in [5.74, 6) is -0.113. The molecule has 1 fully saturated rings. The summed E-state index contributed by atoms with van der Waals surface area (Å²) in [6.45, 7) is 4.09. The number of hydrogen-bond acceptors (Lipinski definition) is 3. The van der Waals surface area contributed by atoms with Gasteiger partial charge in [-0.3, -0.25) is 9.59 Å². The van der Waals surface area contributed by atoms with Gasteiger partial charge in [-0.1, -0.05) is 43.3 Å². The molecule has 29 heavy (non-hydrogen) atoms. The molecular weight excluding hydrogens is 380 g/mol. The van der Waals surface area contributed by atoms with Crippen LogP contribution in [-0.2, 0) is 23.1 Å². The highest BCUT2D eigenvalue weighted by atomic mass is 32.1. The monoisotopic (exact) mass is 408 g/mol. The fourth-order valence-corrected chi connectivity index (χ4v) is 5.78. The molecule has 4 nitrogen and oxygen atoms in total. The van der Waals surface area contributed by atoms with Gasteiger partial charge in [-0.25, -0.2) is 0 Å². The summed E-state index contributed by atoms with van der Waals surface area (Å²) in [6.07, 6.45) is 8.90. The van der Waals surface area contributed by atoms with Crippen molar-refractivity contribution >= 4 is 23.2 Å². The van der Waals surface area contributed by atoms with E-state index in [0.29, 0.717) is 6.54 Å². The van der Waals surface area contributed by atoms with Crippen LogP contribution < -0.4 is 10.6 Å². The van der Waals surface area contributed by atoms with Crippen molar-refractivity contribution in [1.82, 2.24) is 10.6 Å². The van der Waals surface area contributed by atoms with Crippen molar-refractivity contribution in [1.29, 1.82) is 0 Å². The molecule has 2 aliphatic carbocycles. The zero-order valence-corrected chi connectivity index (χ0v) is 17.5. The number of fused-ring (bicyclic) bond motifs is 1. The first-order valence-corrected chi connectivity index (χ1v) is 11.3. The number of hydrogen-bond donors (Lipinski definition) is 2. The Bertz CT molecular complexity index is 873. The predicted octanol–water partition coefficient (Wildman–Crippen LogP) is 4.15. The van der Waals surface area contributed by atoms with Gasteiger partial charge in [-0.2, -0.15) is 0 Å². The molecule has 0 unspecified atom stereocenters. The molecule has 0 spiro atoms. The third kappa shape index (κ3) is 4.30. The number of nitrogens with one attached hydrogen (secondary N) is 2. The van der Waals surface area contributed by atoms with Crippen LogP contribution in [0.5, 0.6) is 0 Å². The lowest BCUT2D eigenvalue weighted by molar-refractivity contribution is -0.117. The van der Waals surface area contributed by atoms with E-state index in [-0.39, 0.29) is 23.3 Å². The molecule has 1 aromatic heterocycles. The number of rotatable bonds is 6. The van der Waals surface area contributed by atoms with Gasteiger partial charge >= 0.3 is 0 Å². The molecule has 1 saturated carbocycles. The minimum Gasteiger partial charge on any atom is -0.352 e. The fraction of sp³-hybridized carbons (Fsp3) is 0.417. The fourth-order valence-electron chi connectivity index (χ4n) is 4.62. The van der Waals surface area contributed by atoms with Crippen molar-refractivity contribution < 1.29 is 9.59 Å². The average molecular weight is 409 g/mol. The Morgan fingerprint density at radius 1 is 1.14 bits per heavy atom. The van der Waals surface area contributed by atoms with Crippen LogP contribution in [0.25, 0.3) is 0 Å². The van der Waals surface area contributed by atoms with E-state index in [0.717, 1.165) is 30.6 Å². The molecule has 0 aliphatic heterocycles. The molecule has 5 heteroatoms. The van der Waals surface area contributed by atoms with Gasteiger partial charge in [0.15, 0.2) is 0 Å². The van der Waals surface area contributed by atoms with Crippen LogP contribution in [0.2, 0.25) is 0 Å². The van der Waals surface area contributed by atoms with E-state index in [2.05, 4.69) is 35.4 Å². The van der Waals surface area contributed by atoms with Crippen molar-refractivity contribution in [3.05, 3.63) is 69.9 Å². The lowest BCUT2D eigenvalue weighted by atomic mass is 9.61. The Labute approximate surface area is 176 Å². The van der Waals surface area contributed by atoms with Gasteiger partial charge in [0, 0.05) is 22.9 Å². The molecule has 0 bridgehead atoms. The maximum Gasteiger partial charge on any atom is 0.261 e. The van der Waals surface area contributed by atoms with E-state index in [1.54, 1.807) is 11.3 Å².